The first kappa shape index (κ1) is 24.2. The number of carbonyl (C=O) groups excluding carboxylic acids is 2. The van der Waals surface area contributed by atoms with Gasteiger partial charge < -0.3 is 18.5 Å². The number of ether oxygens (including phenoxy) is 2. The Morgan fingerprint density at radius 2 is 1.77 bits per heavy atom. The molecule has 0 aliphatic carbocycles. The van der Waals surface area contributed by atoms with E-state index in [2.05, 4.69) is 10.2 Å². The van der Waals surface area contributed by atoms with Crippen molar-refractivity contribution >= 4 is 23.5 Å². The number of carbonyl (C=O) groups is 2. The molecule has 0 bridgehead atoms. The molecule has 35 heavy (non-hydrogen) atoms. The number of esters is 1. The lowest BCUT2D eigenvalue weighted by Crippen LogP contribution is -2.06. The van der Waals surface area contributed by atoms with Gasteiger partial charge in [-0.15, -0.1) is 10.2 Å². The number of benzene rings is 2. The smallest absolute Gasteiger partial charge is 0.337 e. The van der Waals surface area contributed by atoms with E-state index in [-0.39, 0.29) is 35.1 Å². The van der Waals surface area contributed by atoms with Crippen LogP contribution in [0, 0.1) is 19.7 Å². The molecule has 0 fully saturated rings. The molecule has 0 amide bonds. The number of thioether (sulfide) groups is 1. The summed E-state index contributed by atoms with van der Waals surface area (Å²) in [5, 5.41) is 8.11. The van der Waals surface area contributed by atoms with Crippen LogP contribution in [0.25, 0.3) is 5.69 Å². The van der Waals surface area contributed by atoms with Crippen molar-refractivity contribution in [3.63, 3.8) is 0 Å². The van der Waals surface area contributed by atoms with Crippen LogP contribution < -0.4 is 4.74 Å². The predicted octanol–water partition coefficient (Wildman–Crippen LogP) is 4.96. The van der Waals surface area contributed by atoms with Gasteiger partial charge in [0.25, 0.3) is 11.1 Å². The van der Waals surface area contributed by atoms with E-state index in [0.29, 0.717) is 16.9 Å². The van der Waals surface area contributed by atoms with E-state index in [4.69, 9.17) is 13.9 Å². The summed E-state index contributed by atoms with van der Waals surface area (Å²) < 4.78 is 30.7. The summed E-state index contributed by atoms with van der Waals surface area (Å²) in [5.74, 6) is 0.00348. The quantitative estimate of drug-likeness (QED) is 0.183. The van der Waals surface area contributed by atoms with Gasteiger partial charge in [-0.3, -0.25) is 4.79 Å². The Morgan fingerprint density at radius 3 is 2.46 bits per heavy atom. The molecule has 0 aliphatic heterocycles. The number of aryl methyl sites for hydroxylation is 1. The molecule has 0 saturated heterocycles. The number of methoxy groups -OCH3 is 1. The number of halogens is 1. The third-order valence-electron chi connectivity index (χ3n) is 5.23. The third-order valence-corrected chi connectivity index (χ3v) is 6.05. The summed E-state index contributed by atoms with van der Waals surface area (Å²) in [4.78, 5) is 24.6. The molecule has 10 heteroatoms. The second-order valence-corrected chi connectivity index (χ2v) is 8.50. The van der Waals surface area contributed by atoms with Crippen LogP contribution in [-0.2, 0) is 11.3 Å². The van der Waals surface area contributed by atoms with Gasteiger partial charge >= 0.3 is 5.97 Å². The van der Waals surface area contributed by atoms with E-state index in [9.17, 15) is 14.0 Å². The molecule has 0 atom stereocenters. The zero-order valence-corrected chi connectivity index (χ0v) is 20.1. The van der Waals surface area contributed by atoms with E-state index in [1.807, 2.05) is 36.6 Å². The second kappa shape index (κ2) is 10.6. The fraction of sp³-hybridized carbons (Fsp3) is 0.200. The molecule has 0 aliphatic rings. The van der Waals surface area contributed by atoms with Gasteiger partial charge in [-0.1, -0.05) is 11.8 Å². The van der Waals surface area contributed by atoms with Crippen LogP contribution in [0.1, 0.15) is 38.0 Å². The van der Waals surface area contributed by atoms with Gasteiger partial charge in [0.15, 0.2) is 12.4 Å². The Labute approximate surface area is 205 Å². The van der Waals surface area contributed by atoms with Crippen molar-refractivity contribution in [3.8, 4) is 11.4 Å². The van der Waals surface area contributed by atoms with Gasteiger partial charge in [0, 0.05) is 22.6 Å². The van der Waals surface area contributed by atoms with Gasteiger partial charge in [0.05, 0.1) is 18.4 Å². The van der Waals surface area contributed by atoms with Gasteiger partial charge in [-0.2, -0.15) is 0 Å². The zero-order chi connectivity index (χ0) is 24.9. The lowest BCUT2D eigenvalue weighted by molar-refractivity contribution is 0.0600. The highest BCUT2D eigenvalue weighted by Crippen LogP contribution is 2.25. The molecule has 0 N–H and O–H groups in total. The highest BCUT2D eigenvalue weighted by atomic mass is 32.2. The first-order valence-corrected chi connectivity index (χ1v) is 11.6. The SMILES string of the molecule is COC(=O)c1ccc(-n2c(C)cc(C(=O)CSc3nnc(COc4ccc(F)cc4)o3)c2C)cc1. The molecule has 8 nitrogen and oxygen atoms in total. The van der Waals surface area contributed by atoms with E-state index < -0.39 is 5.97 Å². The fourth-order valence-electron chi connectivity index (χ4n) is 3.54. The average Bonchev–Trinajstić information content (AvgIpc) is 3.45. The van der Waals surface area contributed by atoms with Crippen molar-refractivity contribution < 1.29 is 27.9 Å². The van der Waals surface area contributed by atoms with Crippen LogP contribution in [0.2, 0.25) is 0 Å². The molecule has 4 aromatic rings. The largest absolute Gasteiger partial charge is 0.484 e. The van der Waals surface area contributed by atoms with Crippen LogP contribution in [-0.4, -0.2) is 39.4 Å². The lowest BCUT2D eigenvalue weighted by Gasteiger charge is -2.10. The maximum atomic E-state index is 13.0. The Kier molecular flexibility index (Phi) is 7.31. The van der Waals surface area contributed by atoms with Crippen molar-refractivity contribution in [1.82, 2.24) is 14.8 Å². The Bertz CT molecular complexity index is 1350. The average molecular weight is 496 g/mol. The summed E-state index contributed by atoms with van der Waals surface area (Å²) in [6.45, 7) is 3.82. The fourth-order valence-corrected chi connectivity index (χ4v) is 4.21. The summed E-state index contributed by atoms with van der Waals surface area (Å²) in [7, 11) is 1.34. The summed E-state index contributed by atoms with van der Waals surface area (Å²) >= 11 is 1.14. The third kappa shape index (κ3) is 5.60. The Morgan fingerprint density at radius 1 is 1.06 bits per heavy atom. The molecule has 2 aromatic heterocycles. The number of Topliss-reactive ketones (excluding diaryl/α,β-unsaturated/α-hetero) is 1. The Balaban J connectivity index is 1.38. The number of aromatic nitrogens is 3. The maximum absolute atomic E-state index is 13.0. The van der Waals surface area contributed by atoms with Gasteiger partial charge in [-0.05, 0) is 68.4 Å². The molecule has 0 radical (unpaired) electrons. The molecule has 0 unspecified atom stereocenters. The van der Waals surface area contributed by atoms with Crippen molar-refractivity contribution in [2.75, 3.05) is 12.9 Å². The number of hydrogen-bond donors (Lipinski definition) is 0. The highest BCUT2D eigenvalue weighted by molar-refractivity contribution is 7.99. The molecule has 0 saturated carbocycles. The van der Waals surface area contributed by atoms with E-state index in [1.165, 1.54) is 31.4 Å². The van der Waals surface area contributed by atoms with E-state index in [1.54, 1.807) is 12.1 Å². The first-order chi connectivity index (χ1) is 16.9. The van der Waals surface area contributed by atoms with Gasteiger partial charge in [-0.25, -0.2) is 9.18 Å². The normalized spacial score (nSPS) is 10.9. The molecule has 0 spiro atoms. The van der Waals surface area contributed by atoms with Crippen LogP contribution >= 0.6 is 11.8 Å². The van der Waals surface area contributed by atoms with Crippen LogP contribution in [0.5, 0.6) is 5.75 Å². The lowest BCUT2D eigenvalue weighted by atomic mass is 10.2. The van der Waals surface area contributed by atoms with Crippen LogP contribution in [0.4, 0.5) is 4.39 Å². The maximum Gasteiger partial charge on any atom is 0.337 e. The van der Waals surface area contributed by atoms with Gasteiger partial charge in [0.2, 0.25) is 0 Å². The minimum Gasteiger partial charge on any atom is -0.484 e. The highest BCUT2D eigenvalue weighted by Gasteiger charge is 2.19. The summed E-state index contributed by atoms with van der Waals surface area (Å²) in [6, 6.07) is 14.4. The topological polar surface area (TPSA) is 96.5 Å². The molecule has 180 valence electrons. The molecule has 2 heterocycles. The number of ketones is 1. The Hall–Kier alpha value is -3.92. The standard InChI is InChI=1S/C25H22FN3O5S/c1-15-12-21(16(2)29(15)19-8-4-17(5-9-19)24(31)32-3)22(30)14-35-25-28-27-23(34-25)13-33-20-10-6-18(26)7-11-20/h4-12H,13-14H2,1-3H3. The minimum absolute atomic E-state index is 0.0308. The molecular weight excluding hydrogens is 473 g/mol. The van der Waals surface area contributed by atoms with Gasteiger partial charge in [0.1, 0.15) is 11.6 Å². The molecular formula is C25H22FN3O5S. The second-order valence-electron chi connectivity index (χ2n) is 7.57. The van der Waals surface area contributed by atoms with E-state index >= 15 is 0 Å². The summed E-state index contributed by atoms with van der Waals surface area (Å²) in [5.41, 5.74) is 3.56. The first-order valence-electron chi connectivity index (χ1n) is 10.6. The summed E-state index contributed by atoms with van der Waals surface area (Å²) in [6.07, 6.45) is 0. The van der Waals surface area contributed by atoms with Crippen molar-refractivity contribution in [2.24, 2.45) is 0 Å². The number of hydrogen-bond acceptors (Lipinski definition) is 8. The van der Waals surface area contributed by atoms with Crippen molar-refractivity contribution in [2.45, 2.75) is 25.7 Å². The van der Waals surface area contributed by atoms with Crippen molar-refractivity contribution in [1.29, 1.82) is 0 Å². The monoisotopic (exact) mass is 495 g/mol. The van der Waals surface area contributed by atoms with Crippen LogP contribution in [0.3, 0.4) is 0 Å². The number of rotatable bonds is 9. The molecule has 2 aromatic carbocycles. The minimum atomic E-state index is -0.406. The zero-order valence-electron chi connectivity index (χ0n) is 19.3. The van der Waals surface area contributed by atoms with E-state index in [0.717, 1.165) is 28.8 Å². The van der Waals surface area contributed by atoms with Crippen LogP contribution in [0.15, 0.2) is 64.2 Å². The van der Waals surface area contributed by atoms with Crippen molar-refractivity contribution in [3.05, 3.63) is 88.8 Å². The molecule has 4 rings (SSSR count). The number of nitrogens with zero attached hydrogens (tertiary/aromatic N) is 3. The predicted molar refractivity (Wildman–Crippen MR) is 127 cm³/mol.